The summed E-state index contributed by atoms with van der Waals surface area (Å²) in [6.07, 6.45) is 2.11. The molecule has 4 heteroatoms. The van der Waals surface area contributed by atoms with Gasteiger partial charge in [0.1, 0.15) is 5.75 Å². The minimum atomic E-state index is -0.0743. The van der Waals surface area contributed by atoms with Crippen molar-refractivity contribution in [1.82, 2.24) is 5.32 Å². The van der Waals surface area contributed by atoms with Gasteiger partial charge in [-0.05, 0) is 51.4 Å². The second kappa shape index (κ2) is 7.12. The molecule has 1 rings (SSSR count). The first-order chi connectivity index (χ1) is 8.42. The number of rotatable bonds is 7. The molecule has 0 aromatic heterocycles. The van der Waals surface area contributed by atoms with E-state index >= 15 is 0 Å². The first kappa shape index (κ1) is 15.5. The molecule has 0 atom stereocenters. The van der Waals surface area contributed by atoms with Crippen molar-refractivity contribution in [3.05, 3.63) is 28.2 Å². The smallest absolute Gasteiger partial charge is 0.123 e. The average molecular weight is 315 g/mol. The van der Waals surface area contributed by atoms with Crippen LogP contribution in [0.15, 0.2) is 22.7 Å². The molecule has 0 aliphatic rings. The van der Waals surface area contributed by atoms with E-state index in [-0.39, 0.29) is 5.54 Å². The lowest BCUT2D eigenvalue weighted by Crippen LogP contribution is -2.32. The molecule has 0 unspecified atom stereocenters. The molecular formula is C14H23BrN2O. The highest BCUT2D eigenvalue weighted by Crippen LogP contribution is 2.22. The van der Waals surface area contributed by atoms with Crippen LogP contribution in [0.5, 0.6) is 5.75 Å². The molecule has 18 heavy (non-hydrogen) atoms. The second-order valence-electron chi connectivity index (χ2n) is 5.23. The molecule has 1 aromatic carbocycles. The van der Waals surface area contributed by atoms with Crippen LogP contribution in [-0.4, -0.2) is 19.2 Å². The summed E-state index contributed by atoms with van der Waals surface area (Å²) in [5.41, 5.74) is 7.03. The highest BCUT2D eigenvalue weighted by Gasteiger charge is 2.09. The SMILES string of the molecule is COc1ccc(Br)cc1CNCCCC(C)(C)N. The Morgan fingerprint density at radius 2 is 2.11 bits per heavy atom. The summed E-state index contributed by atoms with van der Waals surface area (Å²) in [7, 11) is 1.70. The van der Waals surface area contributed by atoms with Gasteiger partial charge in [-0.2, -0.15) is 0 Å². The molecule has 3 N–H and O–H groups in total. The molecule has 0 bridgehead atoms. The van der Waals surface area contributed by atoms with Gasteiger partial charge in [-0.25, -0.2) is 0 Å². The van der Waals surface area contributed by atoms with Gasteiger partial charge in [0.15, 0.2) is 0 Å². The first-order valence-corrected chi connectivity index (χ1v) is 7.04. The van der Waals surface area contributed by atoms with Crippen LogP contribution in [0.25, 0.3) is 0 Å². The highest BCUT2D eigenvalue weighted by atomic mass is 79.9. The van der Waals surface area contributed by atoms with Crippen LogP contribution in [0.1, 0.15) is 32.3 Å². The Balaban J connectivity index is 2.37. The van der Waals surface area contributed by atoms with E-state index in [1.807, 2.05) is 12.1 Å². The minimum absolute atomic E-state index is 0.0743. The van der Waals surface area contributed by atoms with Gasteiger partial charge in [-0.1, -0.05) is 15.9 Å². The van der Waals surface area contributed by atoms with E-state index in [0.717, 1.165) is 36.2 Å². The third kappa shape index (κ3) is 5.85. The Labute approximate surface area is 118 Å². The third-order valence-electron chi connectivity index (χ3n) is 2.73. The number of nitrogens with two attached hydrogens (primary N) is 1. The predicted octanol–water partition coefficient (Wildman–Crippen LogP) is 3.06. The summed E-state index contributed by atoms with van der Waals surface area (Å²) in [4.78, 5) is 0. The second-order valence-corrected chi connectivity index (χ2v) is 6.14. The summed E-state index contributed by atoms with van der Waals surface area (Å²) >= 11 is 3.47. The van der Waals surface area contributed by atoms with Gasteiger partial charge in [0.05, 0.1) is 7.11 Å². The van der Waals surface area contributed by atoms with Crippen molar-refractivity contribution in [2.75, 3.05) is 13.7 Å². The summed E-state index contributed by atoms with van der Waals surface area (Å²) in [5.74, 6) is 0.921. The topological polar surface area (TPSA) is 47.3 Å². The lowest BCUT2D eigenvalue weighted by atomic mass is 10.0. The van der Waals surface area contributed by atoms with Gasteiger partial charge in [0, 0.05) is 22.1 Å². The summed E-state index contributed by atoms with van der Waals surface area (Å²) in [6.45, 7) is 5.90. The summed E-state index contributed by atoms with van der Waals surface area (Å²) in [5, 5.41) is 3.42. The van der Waals surface area contributed by atoms with E-state index in [9.17, 15) is 0 Å². The lowest BCUT2D eigenvalue weighted by Gasteiger charge is -2.18. The van der Waals surface area contributed by atoms with Crippen LogP contribution in [0.4, 0.5) is 0 Å². The molecule has 0 saturated heterocycles. The van der Waals surface area contributed by atoms with Crippen LogP contribution in [0.2, 0.25) is 0 Å². The number of methoxy groups -OCH3 is 1. The number of halogens is 1. The van der Waals surface area contributed by atoms with Crippen molar-refractivity contribution in [2.24, 2.45) is 5.73 Å². The molecule has 0 radical (unpaired) electrons. The predicted molar refractivity (Wildman–Crippen MR) is 79.9 cm³/mol. The van der Waals surface area contributed by atoms with Gasteiger partial charge in [-0.3, -0.25) is 0 Å². The maximum atomic E-state index is 5.94. The standard InChI is InChI=1S/C14H23BrN2O/c1-14(2,16)7-4-8-17-10-11-9-12(15)5-6-13(11)18-3/h5-6,9,17H,4,7-8,10,16H2,1-3H3. The van der Waals surface area contributed by atoms with E-state index in [1.54, 1.807) is 7.11 Å². The lowest BCUT2D eigenvalue weighted by molar-refractivity contribution is 0.406. The highest BCUT2D eigenvalue weighted by molar-refractivity contribution is 9.10. The van der Waals surface area contributed by atoms with Crippen molar-refractivity contribution in [1.29, 1.82) is 0 Å². The Bertz CT molecular complexity index is 375. The molecule has 0 aliphatic heterocycles. The molecule has 0 spiro atoms. The number of benzene rings is 1. The van der Waals surface area contributed by atoms with Gasteiger partial charge >= 0.3 is 0 Å². The van der Waals surface area contributed by atoms with Crippen LogP contribution in [0, 0.1) is 0 Å². The first-order valence-electron chi connectivity index (χ1n) is 6.24. The Morgan fingerprint density at radius 3 is 2.72 bits per heavy atom. The largest absolute Gasteiger partial charge is 0.496 e. The molecule has 0 amide bonds. The minimum Gasteiger partial charge on any atom is -0.496 e. The number of nitrogens with one attached hydrogen (secondary N) is 1. The molecule has 0 aliphatic carbocycles. The van der Waals surface area contributed by atoms with Crippen LogP contribution < -0.4 is 15.8 Å². The Kier molecular flexibility index (Phi) is 6.12. The molecule has 0 fully saturated rings. The Hall–Kier alpha value is -0.580. The number of ether oxygens (including phenoxy) is 1. The van der Waals surface area contributed by atoms with Crippen molar-refractivity contribution in [2.45, 2.75) is 38.8 Å². The number of hydrogen-bond acceptors (Lipinski definition) is 3. The fourth-order valence-corrected chi connectivity index (χ4v) is 2.19. The van der Waals surface area contributed by atoms with Gasteiger partial charge in [-0.15, -0.1) is 0 Å². The van der Waals surface area contributed by atoms with Gasteiger partial charge < -0.3 is 15.8 Å². The summed E-state index contributed by atoms with van der Waals surface area (Å²) < 4.78 is 6.40. The van der Waals surface area contributed by atoms with E-state index in [4.69, 9.17) is 10.5 Å². The number of hydrogen-bond donors (Lipinski definition) is 2. The molecule has 0 saturated carbocycles. The van der Waals surface area contributed by atoms with E-state index in [2.05, 4.69) is 41.2 Å². The van der Waals surface area contributed by atoms with Crippen molar-refractivity contribution in [3.8, 4) is 5.75 Å². The Morgan fingerprint density at radius 1 is 1.39 bits per heavy atom. The van der Waals surface area contributed by atoms with E-state index in [0.29, 0.717) is 0 Å². The quantitative estimate of drug-likeness (QED) is 0.760. The van der Waals surface area contributed by atoms with Crippen molar-refractivity contribution in [3.63, 3.8) is 0 Å². The molecular weight excluding hydrogens is 292 g/mol. The van der Waals surface area contributed by atoms with Gasteiger partial charge in [0.25, 0.3) is 0 Å². The maximum absolute atomic E-state index is 5.94. The zero-order valence-corrected chi connectivity index (χ0v) is 13.0. The van der Waals surface area contributed by atoms with Crippen LogP contribution >= 0.6 is 15.9 Å². The van der Waals surface area contributed by atoms with E-state index in [1.165, 1.54) is 5.56 Å². The zero-order valence-electron chi connectivity index (χ0n) is 11.4. The van der Waals surface area contributed by atoms with Crippen LogP contribution in [-0.2, 0) is 6.54 Å². The molecule has 1 aromatic rings. The van der Waals surface area contributed by atoms with E-state index < -0.39 is 0 Å². The monoisotopic (exact) mass is 314 g/mol. The fourth-order valence-electron chi connectivity index (χ4n) is 1.78. The summed E-state index contributed by atoms with van der Waals surface area (Å²) in [6, 6.07) is 6.04. The average Bonchev–Trinajstić information content (AvgIpc) is 2.27. The normalized spacial score (nSPS) is 11.6. The van der Waals surface area contributed by atoms with Crippen molar-refractivity contribution >= 4 is 15.9 Å². The zero-order chi connectivity index (χ0) is 13.6. The van der Waals surface area contributed by atoms with Crippen molar-refractivity contribution < 1.29 is 4.74 Å². The third-order valence-corrected chi connectivity index (χ3v) is 3.23. The fraction of sp³-hybridized carbons (Fsp3) is 0.571. The van der Waals surface area contributed by atoms with Gasteiger partial charge in [0.2, 0.25) is 0 Å². The molecule has 102 valence electrons. The maximum Gasteiger partial charge on any atom is 0.123 e. The van der Waals surface area contributed by atoms with Crippen LogP contribution in [0.3, 0.4) is 0 Å². The molecule has 3 nitrogen and oxygen atoms in total. The molecule has 0 heterocycles.